The van der Waals surface area contributed by atoms with Gasteiger partial charge in [0, 0.05) is 42.4 Å². The molecule has 2 unspecified atom stereocenters. The van der Waals surface area contributed by atoms with E-state index in [1.807, 2.05) is 24.1 Å². The van der Waals surface area contributed by atoms with E-state index in [2.05, 4.69) is 25.2 Å². The molecular weight excluding hydrogens is 545 g/mol. The van der Waals surface area contributed by atoms with Crippen LogP contribution < -0.4 is 10.2 Å². The first-order chi connectivity index (χ1) is 18.7. The molecule has 3 aromatic heterocycles. The second-order valence-electron chi connectivity index (χ2n) is 9.79. The standard InChI is InChI=1S/C27H25F3N6OS2/c1-15-24(39-16(2)32-15)22-14-38-26(33-22)34-23-10-3-17(11-31-23)25(37)36-20-8-9-21(36)13-35(12-20)19-6-4-18(5-7-19)27(28,29)30/h3-7,10-11,14,20-21H,8-9,12-13H2,1-2H3,(H,31,33,34). The van der Waals surface area contributed by atoms with Crippen molar-refractivity contribution >= 4 is 45.2 Å². The van der Waals surface area contributed by atoms with Crippen LogP contribution in [-0.2, 0) is 6.18 Å². The molecule has 2 bridgehead atoms. The Labute approximate surface area is 231 Å². The number of piperazine rings is 1. The van der Waals surface area contributed by atoms with Gasteiger partial charge < -0.3 is 15.1 Å². The Morgan fingerprint density at radius 2 is 1.74 bits per heavy atom. The molecule has 7 nitrogen and oxygen atoms in total. The van der Waals surface area contributed by atoms with Gasteiger partial charge in [0.25, 0.3) is 5.91 Å². The number of aromatic nitrogens is 3. The van der Waals surface area contributed by atoms with Crippen molar-refractivity contribution < 1.29 is 18.0 Å². The number of hydrogen-bond donors (Lipinski definition) is 1. The maximum absolute atomic E-state index is 13.4. The highest BCUT2D eigenvalue weighted by Gasteiger charge is 2.43. The SMILES string of the molecule is Cc1nc(C)c(-c2csc(Nc3ccc(C(=O)N4C5CCC4CN(c4ccc(C(F)(F)F)cc4)C5)cn3)n2)s1. The van der Waals surface area contributed by atoms with Crippen molar-refractivity contribution in [1.82, 2.24) is 19.9 Å². The number of alkyl halides is 3. The van der Waals surface area contributed by atoms with Crippen LogP contribution in [0.5, 0.6) is 0 Å². The summed E-state index contributed by atoms with van der Waals surface area (Å²) in [6, 6.07) is 8.81. The predicted octanol–water partition coefficient (Wildman–Crippen LogP) is 6.53. The lowest BCUT2D eigenvalue weighted by molar-refractivity contribution is -0.137. The van der Waals surface area contributed by atoms with Crippen molar-refractivity contribution in [1.29, 1.82) is 0 Å². The summed E-state index contributed by atoms with van der Waals surface area (Å²) < 4.78 is 38.8. The minimum absolute atomic E-state index is 0.00363. The van der Waals surface area contributed by atoms with Crippen LogP contribution in [0.2, 0.25) is 0 Å². The summed E-state index contributed by atoms with van der Waals surface area (Å²) >= 11 is 3.10. The van der Waals surface area contributed by atoms with E-state index in [1.165, 1.54) is 23.5 Å². The number of nitrogens with zero attached hydrogens (tertiary/aromatic N) is 5. The number of halogens is 3. The molecule has 4 aromatic rings. The fourth-order valence-electron chi connectivity index (χ4n) is 5.36. The first kappa shape index (κ1) is 25.8. The molecule has 12 heteroatoms. The molecule has 0 saturated carbocycles. The monoisotopic (exact) mass is 570 g/mol. The lowest BCUT2D eigenvalue weighted by Crippen LogP contribution is -2.56. The summed E-state index contributed by atoms with van der Waals surface area (Å²) in [6.45, 7) is 5.13. The zero-order valence-corrected chi connectivity index (χ0v) is 22.8. The number of rotatable bonds is 5. The van der Waals surface area contributed by atoms with Gasteiger partial charge in [-0.05, 0) is 63.1 Å². The maximum atomic E-state index is 13.4. The van der Waals surface area contributed by atoms with E-state index in [0.29, 0.717) is 29.6 Å². The van der Waals surface area contributed by atoms with Crippen molar-refractivity contribution in [2.45, 2.75) is 44.9 Å². The average Bonchev–Trinajstić information content (AvgIpc) is 3.58. The molecule has 1 N–H and O–H groups in total. The van der Waals surface area contributed by atoms with Gasteiger partial charge in [-0.1, -0.05) is 0 Å². The minimum Gasteiger partial charge on any atom is -0.367 e. The van der Waals surface area contributed by atoms with Crippen LogP contribution in [0.3, 0.4) is 0 Å². The number of amides is 1. The molecule has 2 aliphatic rings. The summed E-state index contributed by atoms with van der Waals surface area (Å²) in [5, 5.41) is 6.91. The molecule has 1 aromatic carbocycles. The van der Waals surface area contributed by atoms with E-state index in [0.717, 1.165) is 51.9 Å². The van der Waals surface area contributed by atoms with Crippen molar-refractivity contribution in [3.05, 3.63) is 69.8 Å². The number of benzene rings is 1. The van der Waals surface area contributed by atoms with Crippen LogP contribution in [-0.4, -0.2) is 50.9 Å². The Bertz CT molecular complexity index is 1490. The number of anilines is 3. The second-order valence-corrected chi connectivity index (χ2v) is 11.9. The lowest BCUT2D eigenvalue weighted by Gasteiger charge is -2.42. The molecule has 0 radical (unpaired) electrons. The Balaban J connectivity index is 1.11. The minimum atomic E-state index is -4.36. The molecular formula is C27H25F3N6OS2. The van der Waals surface area contributed by atoms with Gasteiger partial charge >= 0.3 is 6.18 Å². The van der Waals surface area contributed by atoms with Gasteiger partial charge in [0.15, 0.2) is 5.13 Å². The van der Waals surface area contributed by atoms with Crippen molar-refractivity contribution in [2.24, 2.45) is 0 Å². The Morgan fingerprint density at radius 1 is 1.03 bits per heavy atom. The number of pyridine rings is 1. The van der Waals surface area contributed by atoms with Crippen molar-refractivity contribution in [3.63, 3.8) is 0 Å². The molecule has 2 atom stereocenters. The van der Waals surface area contributed by atoms with Gasteiger partial charge in [0.05, 0.1) is 32.4 Å². The van der Waals surface area contributed by atoms with Gasteiger partial charge in [-0.3, -0.25) is 4.79 Å². The van der Waals surface area contributed by atoms with Gasteiger partial charge in [-0.15, -0.1) is 22.7 Å². The molecule has 0 aliphatic carbocycles. The summed E-state index contributed by atoms with van der Waals surface area (Å²) in [4.78, 5) is 32.1. The van der Waals surface area contributed by atoms with Gasteiger partial charge in [-0.2, -0.15) is 13.2 Å². The topological polar surface area (TPSA) is 74.2 Å². The Morgan fingerprint density at radius 3 is 2.33 bits per heavy atom. The van der Waals surface area contributed by atoms with Crippen LogP contribution in [0.25, 0.3) is 10.6 Å². The third-order valence-corrected chi connectivity index (χ3v) is 9.02. The lowest BCUT2D eigenvalue weighted by atomic mass is 10.1. The molecule has 2 fully saturated rings. The fourth-order valence-corrected chi connectivity index (χ4v) is 7.03. The van der Waals surface area contributed by atoms with E-state index in [9.17, 15) is 18.0 Å². The number of nitrogens with one attached hydrogen (secondary N) is 1. The van der Waals surface area contributed by atoms with Crippen molar-refractivity contribution in [2.75, 3.05) is 23.3 Å². The summed E-state index contributed by atoms with van der Waals surface area (Å²) in [6.07, 6.45) is -1.04. The third kappa shape index (κ3) is 5.10. The normalized spacial score (nSPS) is 19.0. The quantitative estimate of drug-likeness (QED) is 0.294. The highest BCUT2D eigenvalue weighted by molar-refractivity contribution is 7.16. The molecule has 5 heterocycles. The van der Waals surface area contributed by atoms with E-state index >= 15 is 0 Å². The molecule has 202 valence electrons. The smallest absolute Gasteiger partial charge is 0.367 e. The second kappa shape index (κ2) is 9.91. The van der Waals surface area contributed by atoms with Crippen LogP contribution in [0.15, 0.2) is 48.0 Å². The average molecular weight is 571 g/mol. The number of fused-ring (bicyclic) bond motifs is 2. The highest BCUT2D eigenvalue weighted by atomic mass is 32.1. The Hall–Kier alpha value is -3.51. The zero-order valence-electron chi connectivity index (χ0n) is 21.2. The summed E-state index contributed by atoms with van der Waals surface area (Å²) in [5.74, 6) is 0.529. The first-order valence-corrected chi connectivity index (χ1v) is 14.2. The van der Waals surface area contributed by atoms with E-state index < -0.39 is 11.7 Å². The largest absolute Gasteiger partial charge is 0.416 e. The van der Waals surface area contributed by atoms with E-state index in [1.54, 1.807) is 29.7 Å². The third-order valence-electron chi connectivity index (χ3n) is 7.16. The molecule has 2 aliphatic heterocycles. The van der Waals surface area contributed by atoms with Crippen LogP contribution in [0, 0.1) is 13.8 Å². The zero-order chi connectivity index (χ0) is 27.3. The van der Waals surface area contributed by atoms with E-state index in [4.69, 9.17) is 0 Å². The first-order valence-electron chi connectivity index (χ1n) is 12.5. The predicted molar refractivity (Wildman–Crippen MR) is 147 cm³/mol. The molecule has 39 heavy (non-hydrogen) atoms. The summed E-state index contributed by atoms with van der Waals surface area (Å²) in [5.41, 5.74) is 2.44. The van der Waals surface area contributed by atoms with E-state index in [-0.39, 0.29) is 18.0 Å². The van der Waals surface area contributed by atoms with Crippen LogP contribution >= 0.6 is 22.7 Å². The maximum Gasteiger partial charge on any atom is 0.416 e. The molecule has 6 rings (SSSR count). The number of carbonyl (C=O) groups is 1. The number of carbonyl (C=O) groups excluding carboxylic acids is 1. The molecule has 1 amide bonds. The molecule has 2 saturated heterocycles. The van der Waals surface area contributed by atoms with Gasteiger partial charge in [-0.25, -0.2) is 15.0 Å². The van der Waals surface area contributed by atoms with Gasteiger partial charge in [0.1, 0.15) is 5.82 Å². The van der Waals surface area contributed by atoms with Crippen LogP contribution in [0.1, 0.15) is 39.5 Å². The van der Waals surface area contributed by atoms with Gasteiger partial charge in [0.2, 0.25) is 0 Å². The molecule has 0 spiro atoms. The fraction of sp³-hybridized carbons (Fsp3) is 0.333. The Kier molecular flexibility index (Phi) is 6.54. The van der Waals surface area contributed by atoms with Crippen LogP contribution in [0.4, 0.5) is 29.8 Å². The summed E-state index contributed by atoms with van der Waals surface area (Å²) in [7, 11) is 0. The number of hydrogen-bond acceptors (Lipinski definition) is 8. The number of aryl methyl sites for hydroxylation is 2. The number of thiazole rings is 2. The highest BCUT2D eigenvalue weighted by Crippen LogP contribution is 2.36. The van der Waals surface area contributed by atoms with Crippen molar-refractivity contribution in [3.8, 4) is 10.6 Å².